The minimum Gasteiger partial charge on any atom is -0.397 e. The molecule has 0 fully saturated rings. The minimum absolute atomic E-state index is 0.354. The third-order valence-electron chi connectivity index (χ3n) is 2.46. The first-order valence-electron chi connectivity index (χ1n) is 5.46. The fraction of sp³-hybridized carbons (Fsp3) is 0.500. The Balaban J connectivity index is 2.61. The van der Waals surface area contributed by atoms with Crippen molar-refractivity contribution in [3.8, 4) is 0 Å². The molecule has 0 amide bonds. The molecule has 90 valence electrons. The maximum absolute atomic E-state index is 12.8. The van der Waals surface area contributed by atoms with Crippen LogP contribution in [-0.2, 0) is 0 Å². The van der Waals surface area contributed by atoms with Gasteiger partial charge in [0.2, 0.25) is 0 Å². The van der Waals surface area contributed by atoms with Crippen LogP contribution in [0.3, 0.4) is 0 Å². The van der Waals surface area contributed by atoms with E-state index in [-0.39, 0.29) is 5.82 Å². The van der Waals surface area contributed by atoms with Crippen LogP contribution in [0, 0.1) is 5.82 Å². The monoisotopic (exact) mass is 226 g/mol. The van der Waals surface area contributed by atoms with E-state index in [9.17, 15) is 9.50 Å². The molecule has 1 unspecified atom stereocenters. The molecule has 0 bridgehead atoms. The second kappa shape index (κ2) is 5.16. The van der Waals surface area contributed by atoms with Gasteiger partial charge in [-0.25, -0.2) is 4.39 Å². The van der Waals surface area contributed by atoms with Crippen LogP contribution in [0.4, 0.5) is 15.8 Å². The van der Waals surface area contributed by atoms with Crippen molar-refractivity contribution < 1.29 is 9.50 Å². The quantitative estimate of drug-likeness (QED) is 0.675. The first kappa shape index (κ1) is 12.8. The van der Waals surface area contributed by atoms with Gasteiger partial charge >= 0.3 is 0 Å². The van der Waals surface area contributed by atoms with E-state index in [0.717, 1.165) is 6.42 Å². The van der Waals surface area contributed by atoms with Crippen molar-refractivity contribution in [2.24, 2.45) is 0 Å². The van der Waals surface area contributed by atoms with Gasteiger partial charge in [0, 0.05) is 6.54 Å². The van der Waals surface area contributed by atoms with E-state index >= 15 is 0 Å². The van der Waals surface area contributed by atoms with Crippen molar-refractivity contribution in [2.45, 2.75) is 32.3 Å². The number of halogens is 1. The largest absolute Gasteiger partial charge is 0.397 e. The van der Waals surface area contributed by atoms with Gasteiger partial charge in [0.1, 0.15) is 5.82 Å². The average molecular weight is 226 g/mol. The van der Waals surface area contributed by atoms with Crippen molar-refractivity contribution >= 4 is 11.4 Å². The molecule has 1 aromatic carbocycles. The van der Waals surface area contributed by atoms with E-state index in [2.05, 4.69) is 5.32 Å². The molecule has 0 aliphatic heterocycles. The minimum atomic E-state index is -0.768. The molecule has 0 aliphatic rings. The van der Waals surface area contributed by atoms with Crippen LogP contribution < -0.4 is 11.1 Å². The molecule has 16 heavy (non-hydrogen) atoms. The molecule has 4 heteroatoms. The molecule has 0 radical (unpaired) electrons. The first-order valence-corrected chi connectivity index (χ1v) is 5.46. The molecule has 4 N–H and O–H groups in total. The summed E-state index contributed by atoms with van der Waals surface area (Å²) in [6, 6.07) is 4.18. The van der Waals surface area contributed by atoms with Crippen molar-refractivity contribution in [3.05, 3.63) is 24.0 Å². The molecule has 0 saturated carbocycles. The summed E-state index contributed by atoms with van der Waals surface area (Å²) in [6.07, 6.45) is 1.62. The highest BCUT2D eigenvalue weighted by atomic mass is 19.1. The van der Waals surface area contributed by atoms with Gasteiger partial charge in [-0.2, -0.15) is 0 Å². The number of nitrogens with two attached hydrogens (primary N) is 1. The highest BCUT2D eigenvalue weighted by Crippen LogP contribution is 2.21. The Kier molecular flexibility index (Phi) is 4.12. The smallest absolute Gasteiger partial charge is 0.125 e. The summed E-state index contributed by atoms with van der Waals surface area (Å²) in [5.41, 5.74) is 5.88. The van der Waals surface area contributed by atoms with E-state index in [1.165, 1.54) is 12.1 Å². The zero-order valence-corrected chi connectivity index (χ0v) is 9.76. The van der Waals surface area contributed by atoms with E-state index in [1.54, 1.807) is 13.0 Å². The summed E-state index contributed by atoms with van der Waals surface area (Å²) in [7, 11) is 0. The van der Waals surface area contributed by atoms with E-state index < -0.39 is 5.60 Å². The van der Waals surface area contributed by atoms with Crippen molar-refractivity contribution in [3.63, 3.8) is 0 Å². The number of hydrogen-bond donors (Lipinski definition) is 3. The van der Waals surface area contributed by atoms with Crippen LogP contribution in [0.1, 0.15) is 26.7 Å². The summed E-state index contributed by atoms with van der Waals surface area (Å²) < 4.78 is 12.8. The highest BCUT2D eigenvalue weighted by molar-refractivity contribution is 5.65. The number of aliphatic hydroxyl groups is 1. The maximum atomic E-state index is 12.8. The van der Waals surface area contributed by atoms with Crippen LogP contribution in [0.15, 0.2) is 18.2 Å². The molecular formula is C12H19FN2O. The molecule has 0 spiro atoms. The number of hydrogen-bond acceptors (Lipinski definition) is 3. The average Bonchev–Trinajstić information content (AvgIpc) is 2.16. The van der Waals surface area contributed by atoms with Crippen LogP contribution in [-0.4, -0.2) is 17.3 Å². The van der Waals surface area contributed by atoms with Gasteiger partial charge in [-0.3, -0.25) is 0 Å². The second-order valence-corrected chi connectivity index (χ2v) is 4.33. The Bertz CT molecular complexity index is 353. The number of nitrogens with one attached hydrogen (secondary N) is 1. The summed E-state index contributed by atoms with van der Waals surface area (Å²) in [4.78, 5) is 0. The highest BCUT2D eigenvalue weighted by Gasteiger charge is 2.18. The molecule has 0 heterocycles. The Hall–Kier alpha value is -1.29. The first-order chi connectivity index (χ1) is 7.44. The number of rotatable bonds is 5. The zero-order valence-electron chi connectivity index (χ0n) is 9.76. The van der Waals surface area contributed by atoms with Crippen molar-refractivity contribution in [1.29, 1.82) is 0 Å². The number of nitrogen functional groups attached to an aromatic ring is 1. The Labute approximate surface area is 95.5 Å². The zero-order chi connectivity index (χ0) is 12.2. The standard InChI is InChI=1S/C12H19FN2O/c1-3-6-12(2,16)8-15-11-5-4-9(13)7-10(11)14/h4-5,7,15-16H,3,6,8,14H2,1-2H3. The predicted molar refractivity (Wildman–Crippen MR) is 64.8 cm³/mol. The lowest BCUT2D eigenvalue weighted by molar-refractivity contribution is 0.0637. The van der Waals surface area contributed by atoms with Gasteiger partial charge in [-0.05, 0) is 31.5 Å². The summed E-state index contributed by atoms with van der Waals surface area (Å²) >= 11 is 0. The third kappa shape index (κ3) is 3.70. The lowest BCUT2D eigenvalue weighted by Gasteiger charge is -2.24. The van der Waals surface area contributed by atoms with Gasteiger partial charge in [-0.15, -0.1) is 0 Å². The summed E-state index contributed by atoms with van der Waals surface area (Å²) in [5, 5.41) is 13.0. The maximum Gasteiger partial charge on any atom is 0.125 e. The van der Waals surface area contributed by atoms with Crippen molar-refractivity contribution in [1.82, 2.24) is 0 Å². The molecule has 0 saturated heterocycles. The molecule has 1 rings (SSSR count). The van der Waals surface area contributed by atoms with Gasteiger partial charge in [0.25, 0.3) is 0 Å². The third-order valence-corrected chi connectivity index (χ3v) is 2.46. The van der Waals surface area contributed by atoms with Crippen molar-refractivity contribution in [2.75, 3.05) is 17.6 Å². The number of anilines is 2. The number of benzene rings is 1. The summed E-state index contributed by atoms with van der Waals surface area (Å²) in [6.45, 7) is 4.18. The van der Waals surface area contributed by atoms with Crippen LogP contribution in [0.2, 0.25) is 0 Å². The SMILES string of the molecule is CCCC(C)(O)CNc1ccc(F)cc1N. The molecule has 0 aliphatic carbocycles. The second-order valence-electron chi connectivity index (χ2n) is 4.33. The van der Waals surface area contributed by atoms with Crippen LogP contribution in [0.5, 0.6) is 0 Å². The Morgan fingerprint density at radius 2 is 2.19 bits per heavy atom. The fourth-order valence-corrected chi connectivity index (χ4v) is 1.61. The molecule has 3 nitrogen and oxygen atoms in total. The molecule has 0 aromatic heterocycles. The Morgan fingerprint density at radius 3 is 2.75 bits per heavy atom. The lowest BCUT2D eigenvalue weighted by atomic mass is 10.0. The molecular weight excluding hydrogens is 207 g/mol. The Morgan fingerprint density at radius 1 is 1.50 bits per heavy atom. The fourth-order valence-electron chi connectivity index (χ4n) is 1.61. The molecule has 1 aromatic rings. The summed E-state index contributed by atoms with van der Waals surface area (Å²) in [5.74, 6) is -0.358. The topological polar surface area (TPSA) is 58.3 Å². The van der Waals surface area contributed by atoms with E-state index in [1.807, 2.05) is 6.92 Å². The predicted octanol–water partition coefficient (Wildman–Crippen LogP) is 2.37. The van der Waals surface area contributed by atoms with E-state index in [4.69, 9.17) is 5.73 Å². The van der Waals surface area contributed by atoms with Crippen LogP contribution >= 0.6 is 0 Å². The van der Waals surface area contributed by atoms with Gasteiger partial charge < -0.3 is 16.2 Å². The van der Waals surface area contributed by atoms with Gasteiger partial charge in [0.15, 0.2) is 0 Å². The molecule has 1 atom stereocenters. The van der Waals surface area contributed by atoms with E-state index in [0.29, 0.717) is 24.3 Å². The van der Waals surface area contributed by atoms with Crippen LogP contribution in [0.25, 0.3) is 0 Å². The van der Waals surface area contributed by atoms with Gasteiger partial charge in [-0.1, -0.05) is 13.3 Å². The van der Waals surface area contributed by atoms with Gasteiger partial charge in [0.05, 0.1) is 17.0 Å². The normalized spacial score (nSPS) is 14.5. The lowest BCUT2D eigenvalue weighted by Crippen LogP contribution is -2.33.